The fourth-order valence-corrected chi connectivity index (χ4v) is 0.909. The number of carbonyl (C=O) groups excluding carboxylic acids is 1. The second-order valence-corrected chi connectivity index (χ2v) is 5.13. The van der Waals surface area contributed by atoms with Crippen molar-refractivity contribution in [2.75, 3.05) is 27.2 Å². The Hall–Kier alpha value is -0.570. The molecule has 0 heterocycles. The first-order valence-electron chi connectivity index (χ1n) is 5.11. The van der Waals surface area contributed by atoms with Crippen molar-refractivity contribution in [3.63, 3.8) is 0 Å². The van der Waals surface area contributed by atoms with Crippen LogP contribution in [0.1, 0.15) is 33.6 Å². The van der Waals surface area contributed by atoms with Gasteiger partial charge in [0.05, 0.1) is 6.61 Å². The van der Waals surface area contributed by atoms with Gasteiger partial charge in [-0.3, -0.25) is 4.79 Å². The van der Waals surface area contributed by atoms with Crippen molar-refractivity contribution in [3.05, 3.63) is 0 Å². The van der Waals surface area contributed by atoms with E-state index >= 15 is 0 Å². The van der Waals surface area contributed by atoms with Gasteiger partial charge >= 0.3 is 5.97 Å². The smallest absolute Gasteiger partial charge is 0.305 e. The van der Waals surface area contributed by atoms with Crippen LogP contribution in [0.4, 0.5) is 0 Å². The van der Waals surface area contributed by atoms with E-state index in [9.17, 15) is 4.79 Å². The Bertz CT molecular complexity index is 171. The predicted octanol–water partition coefficient (Wildman–Crippen LogP) is 1.92. The third kappa shape index (κ3) is 9.52. The Morgan fingerprint density at radius 3 is 2.29 bits per heavy atom. The van der Waals surface area contributed by atoms with Gasteiger partial charge in [-0.15, -0.1) is 0 Å². The summed E-state index contributed by atoms with van der Waals surface area (Å²) in [5.41, 5.74) is 0.0667. The normalized spacial score (nSPS) is 11.9. The van der Waals surface area contributed by atoms with E-state index in [4.69, 9.17) is 4.74 Å². The molecule has 0 aliphatic rings. The summed E-state index contributed by atoms with van der Waals surface area (Å²) in [6.45, 7) is 7.61. The standard InChI is InChI=1S/C11H23NO2/c1-11(2,3)9-14-10(13)7-6-8-12(4)5/h6-9H2,1-5H3. The Morgan fingerprint density at radius 2 is 1.86 bits per heavy atom. The monoisotopic (exact) mass is 201 g/mol. The Morgan fingerprint density at radius 1 is 1.29 bits per heavy atom. The molecule has 3 heteroatoms. The summed E-state index contributed by atoms with van der Waals surface area (Å²) in [4.78, 5) is 13.3. The fourth-order valence-electron chi connectivity index (χ4n) is 0.909. The van der Waals surface area contributed by atoms with E-state index < -0.39 is 0 Å². The number of ether oxygens (including phenoxy) is 1. The van der Waals surface area contributed by atoms with E-state index in [1.54, 1.807) is 0 Å². The summed E-state index contributed by atoms with van der Waals surface area (Å²) in [6.07, 6.45) is 1.39. The molecule has 0 aliphatic heterocycles. The minimum absolute atomic E-state index is 0.0667. The molecule has 0 fully saturated rings. The maximum atomic E-state index is 11.2. The van der Waals surface area contributed by atoms with Gasteiger partial charge in [0, 0.05) is 6.42 Å². The van der Waals surface area contributed by atoms with Gasteiger partial charge in [-0.25, -0.2) is 0 Å². The van der Waals surface area contributed by atoms with Crippen molar-refractivity contribution in [1.29, 1.82) is 0 Å². The van der Waals surface area contributed by atoms with Crippen molar-refractivity contribution < 1.29 is 9.53 Å². The topological polar surface area (TPSA) is 29.5 Å². The van der Waals surface area contributed by atoms with Gasteiger partial charge in [-0.2, -0.15) is 0 Å². The third-order valence-electron chi connectivity index (χ3n) is 1.65. The van der Waals surface area contributed by atoms with Gasteiger partial charge in [-0.05, 0) is 32.5 Å². The van der Waals surface area contributed by atoms with E-state index in [1.165, 1.54) is 0 Å². The van der Waals surface area contributed by atoms with Crippen molar-refractivity contribution in [2.45, 2.75) is 33.6 Å². The minimum atomic E-state index is -0.0817. The van der Waals surface area contributed by atoms with E-state index in [1.807, 2.05) is 14.1 Å². The highest BCUT2D eigenvalue weighted by Gasteiger charge is 2.13. The molecular weight excluding hydrogens is 178 g/mol. The molecule has 84 valence electrons. The molecule has 3 nitrogen and oxygen atoms in total. The molecule has 0 atom stereocenters. The van der Waals surface area contributed by atoms with E-state index in [0.717, 1.165) is 13.0 Å². The largest absolute Gasteiger partial charge is 0.465 e. The first-order chi connectivity index (χ1) is 6.31. The highest BCUT2D eigenvalue weighted by molar-refractivity contribution is 5.69. The Balaban J connectivity index is 3.47. The van der Waals surface area contributed by atoms with Crippen LogP contribution in [-0.2, 0) is 9.53 Å². The lowest BCUT2D eigenvalue weighted by Crippen LogP contribution is -2.19. The maximum Gasteiger partial charge on any atom is 0.305 e. The highest BCUT2D eigenvalue weighted by atomic mass is 16.5. The van der Waals surface area contributed by atoms with Gasteiger partial charge in [0.1, 0.15) is 0 Å². The van der Waals surface area contributed by atoms with Crippen LogP contribution in [0, 0.1) is 5.41 Å². The van der Waals surface area contributed by atoms with Crippen LogP contribution in [0.25, 0.3) is 0 Å². The zero-order valence-electron chi connectivity index (χ0n) is 10.1. The van der Waals surface area contributed by atoms with E-state index in [-0.39, 0.29) is 11.4 Å². The first kappa shape index (κ1) is 13.4. The molecule has 0 aliphatic carbocycles. The second-order valence-electron chi connectivity index (χ2n) is 5.13. The Kier molecular flexibility index (Phi) is 5.77. The van der Waals surface area contributed by atoms with Crippen LogP contribution in [0.15, 0.2) is 0 Å². The average Bonchev–Trinajstić information content (AvgIpc) is 1.99. The van der Waals surface area contributed by atoms with Gasteiger partial charge in [0.15, 0.2) is 0 Å². The number of nitrogens with zero attached hydrogens (tertiary/aromatic N) is 1. The summed E-state index contributed by atoms with van der Waals surface area (Å²) >= 11 is 0. The minimum Gasteiger partial charge on any atom is -0.465 e. The maximum absolute atomic E-state index is 11.2. The lowest BCUT2D eigenvalue weighted by Gasteiger charge is -2.17. The zero-order chi connectivity index (χ0) is 11.2. The van der Waals surface area contributed by atoms with Crippen LogP contribution >= 0.6 is 0 Å². The van der Waals surface area contributed by atoms with E-state index in [2.05, 4.69) is 25.7 Å². The molecule has 0 aromatic rings. The number of esters is 1. The van der Waals surface area contributed by atoms with Crippen molar-refractivity contribution in [3.8, 4) is 0 Å². The SMILES string of the molecule is CN(C)CCCC(=O)OCC(C)(C)C. The molecule has 0 aromatic carbocycles. The van der Waals surface area contributed by atoms with Gasteiger partial charge in [0.2, 0.25) is 0 Å². The molecule has 0 N–H and O–H groups in total. The van der Waals surface area contributed by atoms with Crippen LogP contribution in [0.5, 0.6) is 0 Å². The van der Waals surface area contributed by atoms with Crippen LogP contribution in [0.2, 0.25) is 0 Å². The number of hydrogen-bond acceptors (Lipinski definition) is 3. The van der Waals surface area contributed by atoms with Crippen molar-refractivity contribution in [2.24, 2.45) is 5.41 Å². The summed E-state index contributed by atoms with van der Waals surface area (Å²) in [7, 11) is 4.00. The van der Waals surface area contributed by atoms with Crippen LogP contribution < -0.4 is 0 Å². The summed E-state index contributed by atoms with van der Waals surface area (Å²) in [6, 6.07) is 0. The second kappa shape index (κ2) is 6.02. The van der Waals surface area contributed by atoms with Crippen LogP contribution in [0.3, 0.4) is 0 Å². The fraction of sp³-hybridized carbons (Fsp3) is 0.909. The molecule has 0 unspecified atom stereocenters. The average molecular weight is 201 g/mol. The molecule has 0 bridgehead atoms. The molecule has 0 rings (SSSR count). The summed E-state index contributed by atoms with van der Waals surface area (Å²) in [5.74, 6) is -0.0817. The Labute approximate surface area is 87.4 Å². The molecule has 0 aromatic heterocycles. The molecule has 0 saturated heterocycles. The van der Waals surface area contributed by atoms with E-state index in [0.29, 0.717) is 13.0 Å². The zero-order valence-corrected chi connectivity index (χ0v) is 10.1. The molecule has 14 heavy (non-hydrogen) atoms. The summed E-state index contributed by atoms with van der Waals surface area (Å²) in [5, 5.41) is 0. The number of carbonyl (C=O) groups is 1. The lowest BCUT2D eigenvalue weighted by molar-refractivity contribution is -0.146. The van der Waals surface area contributed by atoms with Gasteiger partial charge < -0.3 is 9.64 Å². The molecule has 0 spiro atoms. The molecule has 0 amide bonds. The lowest BCUT2D eigenvalue weighted by atomic mass is 9.99. The third-order valence-corrected chi connectivity index (χ3v) is 1.65. The van der Waals surface area contributed by atoms with Gasteiger partial charge in [0.25, 0.3) is 0 Å². The molecule has 0 saturated carbocycles. The van der Waals surface area contributed by atoms with Gasteiger partial charge in [-0.1, -0.05) is 20.8 Å². The molecular formula is C11H23NO2. The molecule has 0 radical (unpaired) electrons. The number of hydrogen-bond donors (Lipinski definition) is 0. The van der Waals surface area contributed by atoms with Crippen molar-refractivity contribution >= 4 is 5.97 Å². The quantitative estimate of drug-likeness (QED) is 0.636. The van der Waals surface area contributed by atoms with Crippen molar-refractivity contribution in [1.82, 2.24) is 4.90 Å². The number of rotatable bonds is 5. The van der Waals surface area contributed by atoms with Crippen LogP contribution in [-0.4, -0.2) is 38.1 Å². The summed E-state index contributed by atoms with van der Waals surface area (Å²) < 4.78 is 5.13. The highest BCUT2D eigenvalue weighted by Crippen LogP contribution is 2.13. The first-order valence-corrected chi connectivity index (χ1v) is 5.11. The predicted molar refractivity (Wildman–Crippen MR) is 58.2 cm³/mol.